The summed E-state index contributed by atoms with van der Waals surface area (Å²) in [5.41, 5.74) is 0.535. The van der Waals surface area contributed by atoms with E-state index >= 15 is 0 Å². The number of benzene rings is 1. The summed E-state index contributed by atoms with van der Waals surface area (Å²) in [4.78, 5) is 28.0. The van der Waals surface area contributed by atoms with Crippen molar-refractivity contribution in [2.75, 3.05) is 0 Å². The van der Waals surface area contributed by atoms with E-state index in [0.717, 1.165) is 25.7 Å². The van der Waals surface area contributed by atoms with E-state index in [-0.39, 0.29) is 30.2 Å². The molecule has 3 aliphatic rings. The quantitative estimate of drug-likeness (QED) is 0.433. The molecule has 2 unspecified atom stereocenters. The van der Waals surface area contributed by atoms with Gasteiger partial charge in [-0.15, -0.1) is 0 Å². The van der Waals surface area contributed by atoms with E-state index in [2.05, 4.69) is 5.16 Å². The number of hydrogen-bond donors (Lipinski definition) is 0. The second-order valence-electron chi connectivity index (χ2n) is 10.4. The zero-order valence-electron chi connectivity index (χ0n) is 19.5. The molecule has 5 rings (SSSR count). The molecule has 1 amide bonds. The first-order valence-corrected chi connectivity index (χ1v) is 12.5. The van der Waals surface area contributed by atoms with E-state index < -0.39 is 11.6 Å². The number of fused-ring (bicyclic) bond motifs is 2. The molecule has 0 N–H and O–H groups in total. The Morgan fingerprint density at radius 3 is 2.24 bits per heavy atom. The molecule has 1 saturated carbocycles. The van der Waals surface area contributed by atoms with Gasteiger partial charge in [0, 0.05) is 36.4 Å². The van der Waals surface area contributed by atoms with Crippen LogP contribution in [0.15, 0.2) is 22.7 Å². The molecule has 3 fully saturated rings. The van der Waals surface area contributed by atoms with Gasteiger partial charge in [0.15, 0.2) is 5.76 Å². The molecule has 34 heavy (non-hydrogen) atoms. The first-order chi connectivity index (χ1) is 16.1. The largest absolute Gasteiger partial charge is 0.458 e. The number of halogens is 2. The van der Waals surface area contributed by atoms with Crippen LogP contribution in [0.25, 0.3) is 11.3 Å². The molecule has 2 bridgehead atoms. The molecule has 9 heteroatoms. The number of piperidine rings is 1. The predicted molar refractivity (Wildman–Crippen MR) is 127 cm³/mol. The fourth-order valence-electron chi connectivity index (χ4n) is 5.07. The van der Waals surface area contributed by atoms with Crippen molar-refractivity contribution < 1.29 is 23.6 Å². The minimum absolute atomic E-state index is 0.00531. The van der Waals surface area contributed by atoms with E-state index in [9.17, 15) is 9.59 Å². The highest BCUT2D eigenvalue weighted by Gasteiger charge is 2.46. The van der Waals surface area contributed by atoms with Crippen LogP contribution in [0.2, 0.25) is 10.0 Å². The van der Waals surface area contributed by atoms with Crippen LogP contribution >= 0.6 is 23.2 Å². The van der Waals surface area contributed by atoms with Crippen LogP contribution in [0.3, 0.4) is 0 Å². The summed E-state index contributed by atoms with van der Waals surface area (Å²) >= 11 is 12.8. The molecule has 2 atom stereocenters. The van der Waals surface area contributed by atoms with E-state index in [1.165, 1.54) is 0 Å². The summed E-state index contributed by atoms with van der Waals surface area (Å²) < 4.78 is 17.2. The van der Waals surface area contributed by atoms with Gasteiger partial charge in [-0.1, -0.05) is 34.4 Å². The molecule has 1 aromatic heterocycles. The predicted octanol–water partition coefficient (Wildman–Crippen LogP) is 6.61. The van der Waals surface area contributed by atoms with Gasteiger partial charge in [0.25, 0.3) is 0 Å². The van der Waals surface area contributed by atoms with Crippen molar-refractivity contribution in [3.05, 3.63) is 39.6 Å². The number of amides is 1. The Balaban J connectivity index is 1.36. The molecule has 0 radical (unpaired) electrons. The zero-order chi connectivity index (χ0) is 24.2. The second-order valence-corrected chi connectivity index (χ2v) is 11.2. The highest BCUT2D eigenvalue weighted by atomic mass is 35.5. The Bertz CT molecular complexity index is 1090. The second kappa shape index (κ2) is 8.76. The van der Waals surface area contributed by atoms with Crippen molar-refractivity contribution in [2.45, 2.75) is 89.0 Å². The molecular formula is C25H28Cl2N2O5. The van der Waals surface area contributed by atoms with E-state index in [4.69, 9.17) is 37.2 Å². The molecule has 7 nitrogen and oxygen atoms in total. The van der Waals surface area contributed by atoms with Crippen molar-refractivity contribution >= 4 is 35.3 Å². The Labute approximate surface area is 208 Å². The molecule has 3 heterocycles. The molecule has 182 valence electrons. The van der Waals surface area contributed by atoms with Crippen LogP contribution in [0.5, 0.6) is 0 Å². The van der Waals surface area contributed by atoms with Crippen LogP contribution in [0, 0.1) is 0 Å². The Morgan fingerprint density at radius 2 is 1.68 bits per heavy atom. The number of nitrogens with zero attached hydrogens (tertiary/aromatic N) is 2. The number of ether oxygens (including phenoxy) is 2. The fraction of sp³-hybridized carbons (Fsp3) is 0.560. The van der Waals surface area contributed by atoms with Crippen LogP contribution in [-0.2, 0) is 9.47 Å². The number of aromatic nitrogens is 1. The summed E-state index contributed by atoms with van der Waals surface area (Å²) in [6, 6.07) is 5.13. The van der Waals surface area contributed by atoms with Crippen molar-refractivity contribution in [2.24, 2.45) is 0 Å². The SMILES string of the molecule is CC(C)(C)OC(=O)N1C2CCC1CC(OC(=O)c1c(-c3c(Cl)cccc3Cl)noc1C1CC1)C2. The maximum absolute atomic E-state index is 13.5. The third-order valence-corrected chi connectivity index (χ3v) is 7.27. The molecule has 2 aliphatic heterocycles. The van der Waals surface area contributed by atoms with Crippen LogP contribution in [0.4, 0.5) is 4.79 Å². The van der Waals surface area contributed by atoms with E-state index in [1.54, 1.807) is 18.2 Å². The lowest BCUT2D eigenvalue weighted by Crippen LogP contribution is -2.50. The van der Waals surface area contributed by atoms with Crippen molar-refractivity contribution in [3.8, 4) is 11.3 Å². The van der Waals surface area contributed by atoms with Gasteiger partial charge in [-0.3, -0.25) is 0 Å². The number of carbonyl (C=O) groups is 2. The Kier molecular flexibility index (Phi) is 6.05. The molecule has 2 saturated heterocycles. The maximum atomic E-state index is 13.5. The monoisotopic (exact) mass is 506 g/mol. The van der Waals surface area contributed by atoms with Crippen molar-refractivity contribution in [3.63, 3.8) is 0 Å². The Morgan fingerprint density at radius 1 is 1.06 bits per heavy atom. The first-order valence-electron chi connectivity index (χ1n) is 11.8. The third-order valence-electron chi connectivity index (χ3n) is 6.64. The van der Waals surface area contributed by atoms with Gasteiger partial charge in [0.1, 0.15) is 23.0 Å². The van der Waals surface area contributed by atoms with Gasteiger partial charge >= 0.3 is 12.1 Å². The number of rotatable bonds is 4. The van der Waals surface area contributed by atoms with Crippen molar-refractivity contribution in [1.29, 1.82) is 0 Å². The average Bonchev–Trinajstić information content (AvgIpc) is 3.43. The molecule has 0 spiro atoms. The molecular weight excluding hydrogens is 479 g/mol. The third kappa shape index (κ3) is 4.52. The zero-order valence-corrected chi connectivity index (χ0v) is 21.0. The lowest BCUT2D eigenvalue weighted by atomic mass is 9.99. The van der Waals surface area contributed by atoms with Gasteiger partial charge in [-0.25, -0.2) is 9.59 Å². The molecule has 1 aliphatic carbocycles. The minimum Gasteiger partial charge on any atom is -0.458 e. The summed E-state index contributed by atoms with van der Waals surface area (Å²) in [6.45, 7) is 5.59. The van der Waals surface area contributed by atoms with Crippen LogP contribution < -0.4 is 0 Å². The number of hydrogen-bond acceptors (Lipinski definition) is 6. The maximum Gasteiger partial charge on any atom is 0.410 e. The smallest absolute Gasteiger partial charge is 0.410 e. The van der Waals surface area contributed by atoms with Gasteiger partial charge in [0.05, 0.1) is 10.0 Å². The summed E-state index contributed by atoms with van der Waals surface area (Å²) in [6.07, 6.45) is 4.17. The minimum atomic E-state index is -0.552. The standard InChI is InChI=1S/C25H28Cl2N2O5/c1-25(2,3)33-24(31)29-14-9-10-15(29)12-16(11-14)32-23(30)20-21(28-34-22(20)13-7-8-13)19-17(26)5-4-6-18(19)27/h4-6,13-16H,7-12H2,1-3H3. The van der Waals surface area contributed by atoms with Gasteiger partial charge < -0.3 is 18.9 Å². The van der Waals surface area contributed by atoms with E-state index in [0.29, 0.717) is 45.5 Å². The summed E-state index contributed by atoms with van der Waals surface area (Å²) in [5.74, 6) is 0.199. The highest BCUT2D eigenvalue weighted by molar-refractivity contribution is 6.39. The first kappa shape index (κ1) is 23.5. The fourth-order valence-corrected chi connectivity index (χ4v) is 5.64. The molecule has 1 aromatic carbocycles. The number of esters is 1. The van der Waals surface area contributed by atoms with Gasteiger partial charge in [-0.2, -0.15) is 0 Å². The highest BCUT2D eigenvalue weighted by Crippen LogP contribution is 2.46. The average molecular weight is 507 g/mol. The lowest BCUT2D eigenvalue weighted by molar-refractivity contribution is -0.0226. The topological polar surface area (TPSA) is 81.9 Å². The molecule has 2 aromatic rings. The van der Waals surface area contributed by atoms with E-state index in [1.807, 2.05) is 25.7 Å². The summed E-state index contributed by atoms with van der Waals surface area (Å²) in [7, 11) is 0. The van der Waals surface area contributed by atoms with Crippen LogP contribution in [-0.4, -0.2) is 45.9 Å². The van der Waals surface area contributed by atoms with Gasteiger partial charge in [0.2, 0.25) is 0 Å². The normalized spacial score (nSPS) is 24.3. The van der Waals surface area contributed by atoms with Crippen molar-refractivity contribution in [1.82, 2.24) is 10.1 Å². The Hall–Kier alpha value is -2.25. The van der Waals surface area contributed by atoms with Gasteiger partial charge in [-0.05, 0) is 58.6 Å². The lowest BCUT2D eigenvalue weighted by Gasteiger charge is -2.39. The summed E-state index contributed by atoms with van der Waals surface area (Å²) in [5, 5.41) is 4.96. The van der Waals surface area contributed by atoms with Crippen LogP contribution in [0.1, 0.15) is 81.3 Å². The number of carbonyl (C=O) groups excluding carboxylic acids is 2.